The van der Waals surface area contributed by atoms with Crippen molar-refractivity contribution in [1.82, 2.24) is 57.7 Å². The summed E-state index contributed by atoms with van der Waals surface area (Å²) < 4.78 is 23.4. The van der Waals surface area contributed by atoms with Gasteiger partial charge in [-0.3, -0.25) is 43.1 Å². The molecule has 6 aromatic rings. The van der Waals surface area contributed by atoms with Gasteiger partial charge in [-0.05, 0) is 93.8 Å². The molecule has 0 unspecified atom stereocenters. The first-order valence-corrected chi connectivity index (χ1v) is 43.2. The molecule has 24 nitrogen and oxygen atoms in total. The van der Waals surface area contributed by atoms with E-state index < -0.39 is 11.4 Å². The van der Waals surface area contributed by atoms with Gasteiger partial charge in [0.15, 0.2) is 37.9 Å². The number of hydrogen-bond acceptors (Lipinski definition) is 17. The molecule has 6 aromatic heterocycles. The summed E-state index contributed by atoms with van der Waals surface area (Å²) in [5.74, 6) is 1.38. The Labute approximate surface area is 733 Å². The summed E-state index contributed by atoms with van der Waals surface area (Å²) in [7, 11) is 7.61. The summed E-state index contributed by atoms with van der Waals surface area (Å²) in [5.41, 5.74) is 1.51. The van der Waals surface area contributed by atoms with Crippen LogP contribution in [0.15, 0.2) is 23.9 Å². The molecule has 0 radical (unpaired) electrons. The fraction of sp³-hybridized carbons (Fsp3) is 0.778. The van der Waals surface area contributed by atoms with Crippen molar-refractivity contribution in [1.29, 1.82) is 0 Å². The number of aromatic nitrogens is 12. The summed E-state index contributed by atoms with van der Waals surface area (Å²) >= 11 is 15.8. The molecule has 0 aliphatic rings. The number of aromatic amines is 2. The van der Waals surface area contributed by atoms with Gasteiger partial charge in [-0.25, -0.2) is 19.6 Å². The molecule has 6 rings (SSSR count). The number of fused-ring (bicyclic) bond motifs is 3. The number of carbonyl (C=O) groups is 3. The van der Waals surface area contributed by atoms with E-state index in [9.17, 15) is 33.6 Å². The first kappa shape index (κ1) is 104. The van der Waals surface area contributed by atoms with E-state index in [1.54, 1.807) is 14.1 Å². The Balaban J connectivity index is 0.000000793. The van der Waals surface area contributed by atoms with Crippen molar-refractivity contribution in [2.45, 2.75) is 350 Å². The molecule has 0 spiro atoms. The first-order chi connectivity index (χ1) is 52.3. The van der Waals surface area contributed by atoms with Crippen LogP contribution in [0.25, 0.3) is 33.5 Å². The van der Waals surface area contributed by atoms with Crippen LogP contribution in [0.2, 0.25) is 10.4 Å². The molecular formula is C81H139BrCl2CsFN14O10. The number of anilines is 2. The largest absolute Gasteiger partial charge is 1.00 e. The standard InChI is InChI=1S/C27H47N5O4.C26H43Cl2N5O2.C23H37BrN4O4.C5H12.Cs.FH/c1-5-31(6-2)26-28-24-23(25(34)29-27(35)30(24)3)32(26)21-19-17-15-13-11-9-7-8-10-12-14-16-18-20-22(33)36-4;1-4-32(5-2)26-31-24-22(23(27)29-25(28)30-24)33(26)20-18-16-14-12-10-8-6-7-9-11-13-15-17-19-21(34)35-3;1-27-20-19(21(30)26-23(27)31)28(22(24)25-20)17-15-13-11-9-7-5-3-4-6-8-10-12-14-16-18(29)32-2;1-3-5-4-2;;/h5-21H2,1-4H3,(H,29,34,35);4-20H2,1-3H3;3-17H2,1-2H3,(H,26,30,31);3-5H2,1-2H3;;1H/q;;;;+1;/p-1. The zero-order valence-corrected chi connectivity index (χ0v) is 79.1. The molecule has 0 saturated heterocycles. The average molecular weight is 1770 g/mol. The minimum Gasteiger partial charge on any atom is -1.00 e. The van der Waals surface area contributed by atoms with Crippen LogP contribution in [0.3, 0.4) is 0 Å². The van der Waals surface area contributed by atoms with Gasteiger partial charge in [-0.2, -0.15) is 15.0 Å². The fourth-order valence-corrected chi connectivity index (χ4v) is 14.6. The molecule has 0 atom stereocenters. The van der Waals surface area contributed by atoms with E-state index in [1.807, 2.05) is 9.13 Å². The second kappa shape index (κ2) is 64.1. The number of hydrogen-bond donors (Lipinski definition) is 2. The van der Waals surface area contributed by atoms with Gasteiger partial charge in [0, 0.05) is 79.2 Å². The molecular weight excluding hydrogens is 1630 g/mol. The van der Waals surface area contributed by atoms with E-state index in [0.717, 1.165) is 127 Å². The molecule has 110 heavy (non-hydrogen) atoms. The third-order valence-corrected chi connectivity index (χ3v) is 21.3. The van der Waals surface area contributed by atoms with Crippen molar-refractivity contribution >= 4 is 102 Å². The molecule has 622 valence electrons. The number of nitrogens with zero attached hydrogens (tertiary/aromatic N) is 12. The van der Waals surface area contributed by atoms with Crippen LogP contribution in [0.4, 0.5) is 11.9 Å². The maximum absolute atomic E-state index is 12.6. The molecule has 0 amide bonds. The number of methoxy groups -OCH3 is 3. The summed E-state index contributed by atoms with van der Waals surface area (Å²) in [6.45, 7) is 18.4. The number of imidazole rings is 3. The Morgan fingerprint density at radius 3 is 0.955 bits per heavy atom. The van der Waals surface area contributed by atoms with Crippen molar-refractivity contribution in [3.05, 3.63) is 56.8 Å². The van der Waals surface area contributed by atoms with Crippen LogP contribution in [0.1, 0.15) is 330 Å². The predicted molar refractivity (Wildman–Crippen MR) is 447 cm³/mol. The molecule has 0 aromatic carbocycles. The Hall–Kier alpha value is -4.10. The Morgan fingerprint density at radius 2 is 0.655 bits per heavy atom. The maximum Gasteiger partial charge on any atom is 1.00 e. The van der Waals surface area contributed by atoms with E-state index in [1.165, 1.54) is 230 Å². The molecule has 2 N–H and O–H groups in total. The molecule has 29 heteroatoms. The van der Waals surface area contributed by atoms with Gasteiger partial charge >= 0.3 is 98.2 Å². The molecule has 6 heterocycles. The van der Waals surface area contributed by atoms with Gasteiger partial charge < -0.3 is 42.4 Å². The minimum atomic E-state index is -0.449. The summed E-state index contributed by atoms with van der Waals surface area (Å²) in [4.78, 5) is 113. The van der Waals surface area contributed by atoms with Crippen LogP contribution in [-0.2, 0) is 62.3 Å². The van der Waals surface area contributed by atoms with Gasteiger partial charge in [0.05, 0.1) is 21.3 Å². The van der Waals surface area contributed by atoms with Gasteiger partial charge in [0.25, 0.3) is 11.1 Å². The van der Waals surface area contributed by atoms with Crippen LogP contribution in [0.5, 0.6) is 0 Å². The van der Waals surface area contributed by atoms with Gasteiger partial charge in [0.2, 0.25) is 17.2 Å². The normalized spacial score (nSPS) is 11.0. The van der Waals surface area contributed by atoms with E-state index in [-0.39, 0.29) is 108 Å². The number of carbonyl (C=O) groups excluding carboxylic acids is 3. The van der Waals surface area contributed by atoms with Crippen molar-refractivity contribution in [3.8, 4) is 0 Å². The van der Waals surface area contributed by atoms with Crippen molar-refractivity contribution in [2.75, 3.05) is 57.3 Å². The van der Waals surface area contributed by atoms with Gasteiger partial charge in [-0.1, -0.05) is 257 Å². The third kappa shape index (κ3) is 40.0. The molecule has 0 saturated carbocycles. The second-order valence-corrected chi connectivity index (χ2v) is 30.0. The second-order valence-electron chi connectivity index (χ2n) is 28.6. The van der Waals surface area contributed by atoms with E-state index in [0.29, 0.717) is 63.7 Å². The summed E-state index contributed by atoms with van der Waals surface area (Å²) in [5, 5.41) is 0.501. The zero-order chi connectivity index (χ0) is 79.3. The number of aryl methyl sites for hydroxylation is 5. The average Bonchev–Trinajstić information content (AvgIpc) is 1.63. The van der Waals surface area contributed by atoms with Crippen molar-refractivity contribution in [3.63, 3.8) is 0 Å². The van der Waals surface area contributed by atoms with Crippen LogP contribution < -0.4 is 106 Å². The minimum absolute atomic E-state index is 0. The number of esters is 3. The Morgan fingerprint density at radius 1 is 0.382 bits per heavy atom. The number of rotatable bonds is 56. The molecule has 0 fully saturated rings. The van der Waals surface area contributed by atoms with Crippen LogP contribution in [0, 0.1) is 0 Å². The maximum atomic E-state index is 12.6. The summed E-state index contributed by atoms with van der Waals surface area (Å²) in [6.07, 6.45) is 52.8. The molecule has 0 aliphatic heterocycles. The molecule has 0 aliphatic carbocycles. The van der Waals surface area contributed by atoms with E-state index >= 15 is 0 Å². The first-order valence-electron chi connectivity index (χ1n) is 41.7. The summed E-state index contributed by atoms with van der Waals surface area (Å²) in [6, 6.07) is 0. The predicted octanol–water partition coefficient (Wildman–Crippen LogP) is 13.5. The molecule has 0 bridgehead atoms. The van der Waals surface area contributed by atoms with Crippen LogP contribution >= 0.6 is 39.1 Å². The topological polar surface area (TPSA) is 274 Å². The Bertz CT molecular complexity index is 3700. The van der Waals surface area contributed by atoms with Gasteiger partial charge in [0.1, 0.15) is 5.52 Å². The number of H-pyrrole nitrogens is 2. The number of ether oxygens (including phenoxy) is 3. The van der Waals surface area contributed by atoms with Crippen molar-refractivity contribution in [2.24, 2.45) is 14.1 Å². The Kier molecular flexibility index (Phi) is 60.6. The number of unbranched alkanes of at least 4 members (excludes halogenated alkanes) is 38. The third-order valence-electron chi connectivity index (χ3n) is 20.2. The fourth-order valence-electron chi connectivity index (χ4n) is 13.6. The van der Waals surface area contributed by atoms with E-state index in [2.05, 4.69) is 116 Å². The zero-order valence-electron chi connectivity index (χ0n) is 69.7. The quantitative estimate of drug-likeness (QED) is 0.00896. The smallest absolute Gasteiger partial charge is 1.00 e. The number of halogens is 4. The van der Waals surface area contributed by atoms with Gasteiger partial charge in [-0.15, -0.1) is 0 Å². The van der Waals surface area contributed by atoms with E-state index in [4.69, 9.17) is 28.2 Å². The monoisotopic (exact) mass is 1770 g/mol. The number of nitrogens with one attached hydrogen (secondary N) is 2. The van der Waals surface area contributed by atoms with Crippen LogP contribution in [-0.4, -0.2) is 123 Å². The van der Waals surface area contributed by atoms with Crippen molar-refractivity contribution < 1.29 is 102 Å². The SMILES string of the molecule is CCCCC.CCN(CC)c1nc2c(c(=O)[nH]c(=O)n2C)n1CCCCCCCCCCCCCCCC(=O)OC.CCN(CC)c1nc2nc(Cl)nc(Cl)c2n1CCCCCCCCCCCCCCCC(=O)OC.COC(=O)CCCCCCCCCCCCCCCn1c(Br)nc2c1c(=O)[nH]c(=O)n2C.[Cs+].[F-].